The predicted octanol–water partition coefficient (Wildman–Crippen LogP) is 2.29. The summed E-state index contributed by atoms with van der Waals surface area (Å²) in [6.45, 7) is 5.20. The third kappa shape index (κ3) is 4.63. The lowest BCUT2D eigenvalue weighted by molar-refractivity contribution is -0.268. The largest absolute Gasteiger partial charge is 0.508 e. The molecular formula is C26H28O10. The van der Waals surface area contributed by atoms with Crippen molar-refractivity contribution in [3.05, 3.63) is 57.8 Å². The number of hydrogen-bond donors (Lipinski definition) is 6. The Balaban J connectivity index is 1.97. The quantitative estimate of drug-likeness (QED) is 0.286. The van der Waals surface area contributed by atoms with Crippen LogP contribution in [0.5, 0.6) is 23.0 Å². The van der Waals surface area contributed by atoms with E-state index < -0.39 is 47.6 Å². The van der Waals surface area contributed by atoms with Gasteiger partial charge in [-0.15, -0.1) is 0 Å². The maximum atomic E-state index is 13.7. The van der Waals surface area contributed by atoms with E-state index in [1.807, 2.05) is 19.9 Å². The summed E-state index contributed by atoms with van der Waals surface area (Å²) in [6, 6.07) is 6.68. The molecule has 0 amide bonds. The summed E-state index contributed by atoms with van der Waals surface area (Å²) in [5.41, 5.74) is 0.624. The van der Waals surface area contributed by atoms with Crippen LogP contribution in [-0.4, -0.2) is 61.3 Å². The number of aromatic hydroxyl groups is 3. The monoisotopic (exact) mass is 500 g/mol. The summed E-state index contributed by atoms with van der Waals surface area (Å²) in [5, 5.41) is 61.1. The molecule has 1 aliphatic rings. The molecule has 0 aliphatic carbocycles. The van der Waals surface area contributed by atoms with Crippen molar-refractivity contribution < 1.29 is 44.5 Å². The van der Waals surface area contributed by atoms with Gasteiger partial charge in [0.2, 0.25) is 17.5 Å². The molecule has 0 spiro atoms. The minimum Gasteiger partial charge on any atom is -0.508 e. The minimum atomic E-state index is -1.71. The molecule has 1 saturated heterocycles. The van der Waals surface area contributed by atoms with E-state index in [9.17, 15) is 35.4 Å². The lowest BCUT2D eigenvalue weighted by Gasteiger charge is -2.38. The van der Waals surface area contributed by atoms with Crippen molar-refractivity contribution in [1.29, 1.82) is 0 Å². The third-order valence-electron chi connectivity index (χ3n) is 6.07. The van der Waals surface area contributed by atoms with Gasteiger partial charge >= 0.3 is 0 Å². The van der Waals surface area contributed by atoms with Crippen LogP contribution in [0.25, 0.3) is 22.3 Å². The van der Waals surface area contributed by atoms with E-state index in [1.54, 1.807) is 0 Å². The fourth-order valence-corrected chi connectivity index (χ4v) is 4.01. The van der Waals surface area contributed by atoms with Gasteiger partial charge in [-0.25, -0.2) is 0 Å². The molecule has 2 aromatic carbocycles. The second-order valence-electron chi connectivity index (χ2n) is 9.02. The molecule has 192 valence electrons. The zero-order valence-electron chi connectivity index (χ0n) is 19.9. The van der Waals surface area contributed by atoms with E-state index in [0.29, 0.717) is 5.56 Å². The second kappa shape index (κ2) is 9.82. The molecule has 10 nitrogen and oxygen atoms in total. The first-order valence-electron chi connectivity index (χ1n) is 11.3. The zero-order valence-corrected chi connectivity index (χ0v) is 19.9. The minimum absolute atomic E-state index is 0.0409. The highest BCUT2D eigenvalue weighted by Gasteiger charge is 2.44. The molecule has 4 rings (SSSR count). The number of hydrogen-bond acceptors (Lipinski definition) is 10. The molecular weight excluding hydrogens is 472 g/mol. The Bertz CT molecular complexity index is 1350. The van der Waals surface area contributed by atoms with Crippen LogP contribution in [0.4, 0.5) is 0 Å². The van der Waals surface area contributed by atoms with Crippen LogP contribution in [0.2, 0.25) is 0 Å². The molecule has 0 radical (unpaired) electrons. The highest BCUT2D eigenvalue weighted by Crippen LogP contribution is 2.40. The number of ether oxygens (including phenoxy) is 2. The predicted molar refractivity (Wildman–Crippen MR) is 129 cm³/mol. The van der Waals surface area contributed by atoms with Gasteiger partial charge in [0.25, 0.3) is 0 Å². The first kappa shape index (κ1) is 25.5. The first-order valence-corrected chi connectivity index (χ1v) is 11.3. The van der Waals surface area contributed by atoms with E-state index >= 15 is 0 Å². The molecule has 10 heteroatoms. The summed E-state index contributed by atoms with van der Waals surface area (Å²) < 4.78 is 17.3. The molecule has 36 heavy (non-hydrogen) atoms. The van der Waals surface area contributed by atoms with Gasteiger partial charge in [-0.2, -0.15) is 0 Å². The van der Waals surface area contributed by atoms with Crippen molar-refractivity contribution in [1.82, 2.24) is 0 Å². The van der Waals surface area contributed by atoms with Crippen LogP contribution in [0.3, 0.4) is 0 Å². The molecule has 0 saturated carbocycles. The maximum absolute atomic E-state index is 13.7. The number of aliphatic hydroxyl groups is 3. The molecule has 1 aliphatic heterocycles. The topological polar surface area (TPSA) is 170 Å². The maximum Gasteiger partial charge on any atom is 0.239 e. The number of phenolic OH excluding ortho intramolecular Hbond substituents is 3. The smallest absolute Gasteiger partial charge is 0.239 e. The summed E-state index contributed by atoms with van der Waals surface area (Å²) in [7, 11) is 0. The van der Waals surface area contributed by atoms with Gasteiger partial charge in [0.15, 0.2) is 5.76 Å². The standard InChI is InChI=1S/C26H28O10/c1-11(2)4-9-15-16(28)10-17(29)18-20(31)25(36-26-22(33)21(32)19(30)12(3)34-26)23(35-24(15)18)13-5-7-14(27)8-6-13/h4-8,10,12,19,21-22,26-30,32-33H,9H2,1-3H3/t12-,19-,21+,22+,26?/m0/s1. The Morgan fingerprint density at radius 1 is 1.00 bits per heavy atom. The SMILES string of the molecule is CC(C)=CCc1c(O)cc(O)c2c(=O)c(OC3O[C@@H](C)[C@H](O)[C@@H](O)[C@H]3O)c(-c3ccc(O)cc3)oc12. The lowest BCUT2D eigenvalue weighted by Crippen LogP contribution is -2.58. The van der Waals surface area contributed by atoms with Gasteiger partial charge < -0.3 is 44.5 Å². The first-order chi connectivity index (χ1) is 17.0. The van der Waals surface area contributed by atoms with Crippen molar-refractivity contribution >= 4 is 11.0 Å². The van der Waals surface area contributed by atoms with E-state index in [2.05, 4.69) is 0 Å². The second-order valence-corrected chi connectivity index (χ2v) is 9.02. The summed E-state index contributed by atoms with van der Waals surface area (Å²) >= 11 is 0. The number of allylic oxidation sites excluding steroid dienone is 2. The van der Waals surface area contributed by atoms with Gasteiger partial charge in [-0.05, 0) is 51.5 Å². The average molecular weight is 501 g/mol. The van der Waals surface area contributed by atoms with Crippen molar-refractivity contribution in [2.24, 2.45) is 0 Å². The summed E-state index contributed by atoms with van der Waals surface area (Å²) in [4.78, 5) is 13.7. The Morgan fingerprint density at radius 3 is 2.31 bits per heavy atom. The van der Waals surface area contributed by atoms with Crippen molar-refractivity contribution in [3.8, 4) is 34.3 Å². The van der Waals surface area contributed by atoms with Crippen LogP contribution in [0.15, 0.2) is 51.2 Å². The van der Waals surface area contributed by atoms with Crippen LogP contribution in [0, 0.1) is 0 Å². The fourth-order valence-electron chi connectivity index (χ4n) is 4.01. The number of fused-ring (bicyclic) bond motifs is 1. The Hall–Kier alpha value is -3.57. The number of phenols is 3. The van der Waals surface area contributed by atoms with Crippen LogP contribution < -0.4 is 10.2 Å². The lowest BCUT2D eigenvalue weighted by atomic mass is 10.00. The van der Waals surface area contributed by atoms with E-state index in [-0.39, 0.29) is 40.2 Å². The molecule has 3 aromatic rings. The third-order valence-corrected chi connectivity index (χ3v) is 6.07. The molecule has 2 heterocycles. The Morgan fingerprint density at radius 2 is 1.67 bits per heavy atom. The number of benzene rings is 2. The molecule has 1 aromatic heterocycles. The van der Waals surface area contributed by atoms with Crippen LogP contribution in [-0.2, 0) is 11.2 Å². The number of rotatable bonds is 5. The van der Waals surface area contributed by atoms with E-state index in [0.717, 1.165) is 11.6 Å². The van der Waals surface area contributed by atoms with Crippen LogP contribution >= 0.6 is 0 Å². The summed E-state index contributed by atoms with van der Waals surface area (Å²) in [5.74, 6) is -1.43. The van der Waals surface area contributed by atoms with Gasteiger partial charge in [-0.1, -0.05) is 11.6 Å². The molecule has 5 atom stereocenters. The van der Waals surface area contributed by atoms with E-state index in [4.69, 9.17) is 13.9 Å². The van der Waals surface area contributed by atoms with Crippen molar-refractivity contribution in [3.63, 3.8) is 0 Å². The highest BCUT2D eigenvalue weighted by atomic mass is 16.7. The van der Waals surface area contributed by atoms with Crippen LogP contribution in [0.1, 0.15) is 26.3 Å². The molecule has 1 fully saturated rings. The number of aliphatic hydroxyl groups excluding tert-OH is 3. The van der Waals surface area contributed by atoms with E-state index in [1.165, 1.54) is 31.2 Å². The fraction of sp³-hybridized carbons (Fsp3) is 0.346. The Labute approximate surface area is 205 Å². The zero-order chi connectivity index (χ0) is 26.3. The van der Waals surface area contributed by atoms with Gasteiger partial charge in [0.05, 0.1) is 6.10 Å². The highest BCUT2D eigenvalue weighted by molar-refractivity contribution is 5.91. The van der Waals surface area contributed by atoms with Gasteiger partial charge in [0, 0.05) is 17.2 Å². The summed E-state index contributed by atoms with van der Waals surface area (Å²) in [6.07, 6.45) is -5.16. The molecule has 6 N–H and O–H groups in total. The van der Waals surface area contributed by atoms with Crippen molar-refractivity contribution in [2.75, 3.05) is 0 Å². The average Bonchev–Trinajstić information content (AvgIpc) is 2.82. The Kier molecular flexibility index (Phi) is 6.96. The van der Waals surface area contributed by atoms with Gasteiger partial charge in [-0.3, -0.25) is 4.79 Å². The molecule has 1 unspecified atom stereocenters. The van der Waals surface area contributed by atoms with Gasteiger partial charge in [0.1, 0.15) is 46.5 Å². The normalized spacial score (nSPS) is 24.0. The van der Waals surface area contributed by atoms with Crippen molar-refractivity contribution in [2.45, 2.75) is 57.9 Å². The molecule has 0 bridgehead atoms.